The van der Waals surface area contributed by atoms with Crippen molar-refractivity contribution >= 4 is 46.1 Å². The number of phenolic OH excluding ortho intramolecular Hbond substituents is 1. The van der Waals surface area contributed by atoms with Crippen LogP contribution in [0.1, 0.15) is 50.7 Å². The van der Waals surface area contributed by atoms with Crippen LogP contribution in [0.5, 0.6) is 5.75 Å². The molecule has 322 valence electrons. The van der Waals surface area contributed by atoms with Gasteiger partial charge in [-0.3, -0.25) is 39.3 Å². The predicted molar refractivity (Wildman–Crippen MR) is 240 cm³/mol. The lowest BCUT2D eigenvalue weighted by atomic mass is 9.89. The highest BCUT2D eigenvalue weighted by molar-refractivity contribution is 6.33. The van der Waals surface area contributed by atoms with Crippen LogP contribution in [0, 0.1) is 0 Å². The van der Waals surface area contributed by atoms with Crippen molar-refractivity contribution in [1.29, 1.82) is 0 Å². The highest BCUT2D eigenvalue weighted by Gasteiger charge is 2.29. The molecule has 1 aliphatic carbocycles. The van der Waals surface area contributed by atoms with E-state index >= 15 is 0 Å². The molecule has 1 aliphatic heterocycles. The average Bonchev–Trinajstić information content (AvgIpc) is 3.30. The van der Waals surface area contributed by atoms with E-state index in [4.69, 9.17) is 37.2 Å². The van der Waals surface area contributed by atoms with Crippen molar-refractivity contribution in [1.82, 2.24) is 29.7 Å². The summed E-state index contributed by atoms with van der Waals surface area (Å²) < 4.78 is 6.97. The fourth-order valence-electron chi connectivity index (χ4n) is 7.56. The van der Waals surface area contributed by atoms with Gasteiger partial charge in [-0.15, -0.1) is 0 Å². The first-order chi connectivity index (χ1) is 31.2. The van der Waals surface area contributed by atoms with Gasteiger partial charge in [0.15, 0.2) is 5.78 Å². The smallest absolute Gasteiger partial charge is 0.373 e. The Balaban J connectivity index is 0.00000199. The van der Waals surface area contributed by atoms with E-state index in [1.165, 1.54) is 0 Å². The number of Topliss-reactive ketones (excluding diaryl/α,β-unsaturated/α-hetero) is 1. The van der Waals surface area contributed by atoms with Gasteiger partial charge in [-0.25, -0.2) is 0 Å². The minimum atomic E-state index is -0.422. The molecule has 4 aromatic heterocycles. The molecule has 2 N–H and O–H groups in total. The standard InChI is InChI=1S/C48H40Cl2N6O5.CO2/c49-41-23-37-44(32-11-9-10-31(22-32)43(58)16-21-57)38-24-42(50)46(60)40(30-56(27-35-14-3-7-19-53-35)28-36-15-4-8-20-54-36)48(38)61-47(37)39(45(41)59)29-55(25-33-12-1-5-17-51-33)26-34-13-2-6-18-52-34;2-1-3/h1-15,17-20,22-24,57,59H,16,21,25-30H2;. The van der Waals surface area contributed by atoms with Gasteiger partial charge in [0, 0.05) is 92.6 Å². The number of aromatic nitrogens is 4. The number of pyridine rings is 4. The van der Waals surface area contributed by atoms with Crippen LogP contribution in [0.4, 0.5) is 0 Å². The Morgan fingerprint density at radius 2 is 1.14 bits per heavy atom. The molecule has 0 saturated carbocycles. The number of nitrogens with zero attached hydrogens (tertiary/aromatic N) is 6. The molecule has 0 atom stereocenters. The number of aliphatic hydroxyl groups is 1. The van der Waals surface area contributed by atoms with Crippen molar-refractivity contribution in [3.63, 3.8) is 0 Å². The van der Waals surface area contributed by atoms with Gasteiger partial charge in [0.2, 0.25) is 5.43 Å². The first-order valence-corrected chi connectivity index (χ1v) is 20.8. The van der Waals surface area contributed by atoms with E-state index in [1.807, 2.05) is 83.8 Å². The first-order valence-electron chi connectivity index (χ1n) is 20.1. The molecule has 0 fully saturated rings. The van der Waals surface area contributed by atoms with Gasteiger partial charge in [0.1, 0.15) is 17.1 Å². The molecular weight excluding hydrogens is 855 g/mol. The molecule has 0 amide bonds. The summed E-state index contributed by atoms with van der Waals surface area (Å²) in [7, 11) is 0. The monoisotopic (exact) mass is 894 g/mol. The zero-order valence-electron chi connectivity index (χ0n) is 34.2. The number of rotatable bonds is 16. The van der Waals surface area contributed by atoms with Crippen LogP contribution in [0.2, 0.25) is 10.0 Å². The van der Waals surface area contributed by atoms with Crippen LogP contribution in [0.3, 0.4) is 0 Å². The molecule has 2 aliphatic rings. The minimum Gasteiger partial charge on any atom is -0.506 e. The lowest BCUT2D eigenvalue weighted by Crippen LogP contribution is -2.27. The number of fused-ring (bicyclic) bond motifs is 2. The molecule has 13 nitrogen and oxygen atoms in total. The Labute approximate surface area is 377 Å². The number of hydrogen-bond acceptors (Lipinski definition) is 13. The number of benzene rings is 3. The van der Waals surface area contributed by atoms with Gasteiger partial charge in [-0.05, 0) is 72.3 Å². The Morgan fingerprint density at radius 1 is 0.641 bits per heavy atom. The van der Waals surface area contributed by atoms with Crippen molar-refractivity contribution in [2.45, 2.75) is 45.7 Å². The fraction of sp³-hybridized carbons (Fsp3) is 0.163. The summed E-state index contributed by atoms with van der Waals surface area (Å²) >= 11 is 13.8. The van der Waals surface area contributed by atoms with Gasteiger partial charge in [-0.2, -0.15) is 9.59 Å². The summed E-state index contributed by atoms with van der Waals surface area (Å²) in [6.45, 7) is 1.45. The molecule has 0 spiro atoms. The second kappa shape index (κ2) is 21.4. The minimum absolute atomic E-state index is 0.0246. The van der Waals surface area contributed by atoms with Crippen LogP contribution < -0.4 is 5.43 Å². The molecule has 0 radical (unpaired) electrons. The van der Waals surface area contributed by atoms with E-state index in [0.29, 0.717) is 59.4 Å². The summed E-state index contributed by atoms with van der Waals surface area (Å²) in [5.41, 5.74) is 5.77. The molecule has 0 unspecified atom stereocenters. The maximum Gasteiger partial charge on any atom is 0.373 e. The third-order valence-corrected chi connectivity index (χ3v) is 10.9. The SMILES string of the molecule is O=C(CCO)c1cccc(-c2c3cc(Cl)c(=O)c(CN(Cc4ccccn4)Cc4ccccn4)c-3oc3c(CN(Cc4ccccn4)Cc4ccccn4)c(O)c(Cl)cc23)c1.O=C=O. The van der Waals surface area contributed by atoms with Crippen LogP contribution in [-0.2, 0) is 48.9 Å². The molecule has 15 heteroatoms. The lowest BCUT2D eigenvalue weighted by Gasteiger charge is -2.26. The number of halogens is 2. The Hall–Kier alpha value is -6.96. The van der Waals surface area contributed by atoms with E-state index in [9.17, 15) is 19.8 Å². The average molecular weight is 896 g/mol. The van der Waals surface area contributed by atoms with Crippen molar-refractivity contribution in [2.75, 3.05) is 6.61 Å². The molecule has 5 heterocycles. The van der Waals surface area contributed by atoms with E-state index in [-0.39, 0.29) is 70.8 Å². The largest absolute Gasteiger partial charge is 0.506 e. The molecule has 0 bridgehead atoms. The Kier molecular flexibility index (Phi) is 15.1. The van der Waals surface area contributed by atoms with Crippen LogP contribution in [0.15, 0.2) is 143 Å². The van der Waals surface area contributed by atoms with Crippen LogP contribution in [-0.4, -0.2) is 58.5 Å². The third-order valence-electron chi connectivity index (χ3n) is 10.3. The summed E-state index contributed by atoms with van der Waals surface area (Å²) in [5, 5.41) is 22.1. The van der Waals surface area contributed by atoms with Gasteiger partial charge in [0.25, 0.3) is 0 Å². The molecule has 6 aromatic rings. The molecule has 2 aromatic carbocycles. The maximum atomic E-state index is 14.4. The molecular formula is C49H40Cl2N6O7. The number of ketones is 1. The Morgan fingerprint density at radius 3 is 1.61 bits per heavy atom. The summed E-state index contributed by atoms with van der Waals surface area (Å²) in [4.78, 5) is 66.2. The zero-order valence-corrected chi connectivity index (χ0v) is 35.7. The molecule has 8 rings (SSSR count). The van der Waals surface area contributed by atoms with E-state index in [1.54, 1.807) is 55.1 Å². The predicted octanol–water partition coefficient (Wildman–Crippen LogP) is 8.54. The van der Waals surface area contributed by atoms with E-state index in [0.717, 1.165) is 22.8 Å². The topological polar surface area (TPSA) is 180 Å². The second-order valence-electron chi connectivity index (χ2n) is 14.7. The highest BCUT2D eigenvalue weighted by atomic mass is 35.5. The van der Waals surface area contributed by atoms with Gasteiger partial charge in [-0.1, -0.05) is 65.7 Å². The van der Waals surface area contributed by atoms with Gasteiger partial charge >= 0.3 is 6.15 Å². The second-order valence-corrected chi connectivity index (χ2v) is 15.5. The van der Waals surface area contributed by atoms with Crippen molar-refractivity contribution in [2.24, 2.45) is 0 Å². The third kappa shape index (κ3) is 10.8. The number of carbonyl (C=O) groups excluding carboxylic acids is 3. The highest BCUT2D eigenvalue weighted by Crippen LogP contribution is 2.47. The Bertz CT molecular complexity index is 2840. The van der Waals surface area contributed by atoms with Crippen LogP contribution in [0.25, 0.3) is 33.4 Å². The van der Waals surface area contributed by atoms with E-state index < -0.39 is 5.43 Å². The zero-order chi connectivity index (χ0) is 45.0. The summed E-state index contributed by atoms with van der Waals surface area (Å²) in [6, 6.07) is 33.0. The number of aromatic hydroxyl groups is 1. The van der Waals surface area contributed by atoms with Crippen molar-refractivity contribution in [3.8, 4) is 28.2 Å². The summed E-state index contributed by atoms with van der Waals surface area (Å²) in [6.07, 6.45) is 7.09. The van der Waals surface area contributed by atoms with Crippen molar-refractivity contribution in [3.05, 3.63) is 194 Å². The lowest BCUT2D eigenvalue weighted by molar-refractivity contribution is -0.191. The molecule has 64 heavy (non-hydrogen) atoms. The number of phenols is 1. The quantitative estimate of drug-likeness (QED) is 0.0697. The number of aliphatic hydroxyl groups excluding tert-OH is 1. The first kappa shape index (κ1) is 45.1. The normalized spacial score (nSPS) is 11.1. The number of carbonyl (C=O) groups is 1. The van der Waals surface area contributed by atoms with Gasteiger partial charge < -0.3 is 14.6 Å². The van der Waals surface area contributed by atoms with Gasteiger partial charge in [0.05, 0.1) is 50.6 Å². The summed E-state index contributed by atoms with van der Waals surface area (Å²) in [5.74, 6) is -0.179. The van der Waals surface area contributed by atoms with Crippen molar-refractivity contribution < 1.29 is 29.0 Å². The molecule has 0 saturated heterocycles. The fourth-order valence-corrected chi connectivity index (χ4v) is 8.00. The van der Waals surface area contributed by atoms with E-state index in [2.05, 4.69) is 24.8 Å². The van der Waals surface area contributed by atoms with Crippen LogP contribution >= 0.6 is 23.2 Å². The maximum absolute atomic E-state index is 14.4. The number of hydrogen-bond donors (Lipinski definition) is 2.